The van der Waals surface area contributed by atoms with Gasteiger partial charge in [0.25, 0.3) is 0 Å². The second-order valence-corrected chi connectivity index (χ2v) is 5.61. The van der Waals surface area contributed by atoms with Crippen LogP contribution in [0.25, 0.3) is 11.1 Å². The van der Waals surface area contributed by atoms with Crippen LogP contribution in [-0.2, 0) is 4.74 Å². The first kappa shape index (κ1) is 15.4. The number of benzene rings is 2. The molecule has 0 N–H and O–H groups in total. The van der Waals surface area contributed by atoms with Gasteiger partial charge in [0.15, 0.2) is 0 Å². The number of hydrogen-bond donors (Lipinski definition) is 0. The lowest BCUT2D eigenvalue weighted by molar-refractivity contribution is 0.324. The number of methoxy groups -OCH3 is 2. The summed E-state index contributed by atoms with van der Waals surface area (Å²) in [4.78, 5) is 4.59. The van der Waals surface area contributed by atoms with E-state index in [1.807, 2.05) is 44.2 Å². The molecule has 0 spiro atoms. The number of nitrogens with zero attached hydrogens (tertiary/aromatic N) is 1. The van der Waals surface area contributed by atoms with E-state index in [9.17, 15) is 0 Å². The van der Waals surface area contributed by atoms with E-state index in [-0.39, 0.29) is 6.04 Å². The summed E-state index contributed by atoms with van der Waals surface area (Å²) >= 11 is 0. The van der Waals surface area contributed by atoms with Gasteiger partial charge in [-0.2, -0.15) is 0 Å². The SMILES string of the molecule is COc1ccc(-c2ccccc2C2=NC(C)CO2)c(OC)c1C. The fourth-order valence-electron chi connectivity index (χ4n) is 2.90. The summed E-state index contributed by atoms with van der Waals surface area (Å²) in [5, 5.41) is 0. The van der Waals surface area contributed by atoms with Gasteiger partial charge < -0.3 is 14.2 Å². The van der Waals surface area contributed by atoms with Crippen LogP contribution in [0.5, 0.6) is 11.5 Å². The first-order valence-electron chi connectivity index (χ1n) is 7.67. The molecule has 2 aromatic rings. The molecule has 0 bridgehead atoms. The lowest BCUT2D eigenvalue weighted by Crippen LogP contribution is -2.04. The minimum Gasteiger partial charge on any atom is -0.496 e. The molecule has 0 saturated heterocycles. The van der Waals surface area contributed by atoms with Crippen molar-refractivity contribution in [3.05, 3.63) is 47.5 Å². The maximum absolute atomic E-state index is 5.75. The molecule has 120 valence electrons. The zero-order valence-electron chi connectivity index (χ0n) is 13.9. The number of aliphatic imine (C=N–C) groups is 1. The Morgan fingerprint density at radius 1 is 1.00 bits per heavy atom. The highest BCUT2D eigenvalue weighted by Gasteiger charge is 2.21. The molecule has 0 fully saturated rings. The van der Waals surface area contributed by atoms with Crippen LogP contribution in [0, 0.1) is 6.92 Å². The zero-order chi connectivity index (χ0) is 16.4. The molecule has 0 aliphatic carbocycles. The van der Waals surface area contributed by atoms with Crippen LogP contribution in [0.1, 0.15) is 18.1 Å². The molecule has 0 amide bonds. The monoisotopic (exact) mass is 311 g/mol. The molecular weight excluding hydrogens is 290 g/mol. The van der Waals surface area contributed by atoms with Crippen LogP contribution in [-0.4, -0.2) is 32.8 Å². The minimum atomic E-state index is 0.192. The molecule has 23 heavy (non-hydrogen) atoms. The van der Waals surface area contributed by atoms with Gasteiger partial charge in [-0.1, -0.05) is 18.2 Å². The minimum absolute atomic E-state index is 0.192. The van der Waals surface area contributed by atoms with Gasteiger partial charge >= 0.3 is 0 Å². The molecule has 4 nitrogen and oxygen atoms in total. The third kappa shape index (κ3) is 2.77. The summed E-state index contributed by atoms with van der Waals surface area (Å²) in [6, 6.07) is 12.3. The van der Waals surface area contributed by atoms with Crippen LogP contribution < -0.4 is 9.47 Å². The van der Waals surface area contributed by atoms with Gasteiger partial charge in [-0.15, -0.1) is 0 Å². The van der Waals surface area contributed by atoms with Gasteiger partial charge in [-0.25, -0.2) is 4.99 Å². The van der Waals surface area contributed by atoms with E-state index in [1.165, 1.54) is 0 Å². The molecule has 4 heteroatoms. The summed E-state index contributed by atoms with van der Waals surface area (Å²) in [6.45, 7) is 4.67. The van der Waals surface area contributed by atoms with Crippen molar-refractivity contribution in [1.82, 2.24) is 0 Å². The van der Waals surface area contributed by atoms with Crippen molar-refractivity contribution in [2.75, 3.05) is 20.8 Å². The summed E-state index contributed by atoms with van der Waals surface area (Å²) in [6.07, 6.45) is 0. The van der Waals surface area contributed by atoms with E-state index in [0.717, 1.165) is 33.8 Å². The molecule has 0 radical (unpaired) electrons. The Morgan fingerprint density at radius 3 is 2.35 bits per heavy atom. The number of rotatable bonds is 4. The molecule has 1 heterocycles. The van der Waals surface area contributed by atoms with Gasteiger partial charge in [-0.3, -0.25) is 0 Å². The van der Waals surface area contributed by atoms with Crippen LogP contribution in [0.2, 0.25) is 0 Å². The van der Waals surface area contributed by atoms with Crippen LogP contribution in [0.3, 0.4) is 0 Å². The molecule has 3 rings (SSSR count). The van der Waals surface area contributed by atoms with Gasteiger partial charge in [0.1, 0.15) is 18.1 Å². The second kappa shape index (κ2) is 6.32. The fraction of sp³-hybridized carbons (Fsp3) is 0.316. The standard InChI is InChI=1S/C19H21NO3/c1-12-11-23-19(20-12)16-8-6-5-7-14(16)15-9-10-17(21-3)13(2)18(15)22-4/h5-10,12H,11H2,1-4H3. The van der Waals surface area contributed by atoms with E-state index in [0.29, 0.717) is 12.5 Å². The fourth-order valence-corrected chi connectivity index (χ4v) is 2.90. The van der Waals surface area contributed by atoms with Crippen molar-refractivity contribution >= 4 is 5.90 Å². The summed E-state index contributed by atoms with van der Waals surface area (Å²) in [7, 11) is 3.34. The topological polar surface area (TPSA) is 40.0 Å². The molecule has 0 aromatic heterocycles. The Hall–Kier alpha value is -2.49. The van der Waals surface area contributed by atoms with Crippen molar-refractivity contribution in [3.63, 3.8) is 0 Å². The van der Waals surface area contributed by atoms with Gasteiger partial charge in [0.05, 0.1) is 20.3 Å². The Kier molecular flexibility index (Phi) is 4.24. The van der Waals surface area contributed by atoms with E-state index in [4.69, 9.17) is 14.2 Å². The highest BCUT2D eigenvalue weighted by molar-refractivity contribution is 6.02. The van der Waals surface area contributed by atoms with Gasteiger partial charge in [0.2, 0.25) is 5.90 Å². The van der Waals surface area contributed by atoms with E-state index in [1.54, 1.807) is 14.2 Å². The van der Waals surface area contributed by atoms with Crippen molar-refractivity contribution in [2.24, 2.45) is 4.99 Å². The summed E-state index contributed by atoms with van der Waals surface area (Å²) in [5.74, 6) is 2.32. The molecular formula is C19H21NO3. The first-order chi connectivity index (χ1) is 11.2. The van der Waals surface area contributed by atoms with Gasteiger partial charge in [0, 0.05) is 16.7 Å². The Morgan fingerprint density at radius 2 is 1.74 bits per heavy atom. The molecule has 1 unspecified atom stereocenters. The highest BCUT2D eigenvalue weighted by atomic mass is 16.5. The van der Waals surface area contributed by atoms with E-state index >= 15 is 0 Å². The predicted molar refractivity (Wildman–Crippen MR) is 91.7 cm³/mol. The third-order valence-electron chi connectivity index (χ3n) is 4.03. The van der Waals surface area contributed by atoms with Crippen molar-refractivity contribution in [1.29, 1.82) is 0 Å². The van der Waals surface area contributed by atoms with Gasteiger partial charge in [-0.05, 0) is 37.6 Å². The molecule has 1 aliphatic rings. The highest BCUT2D eigenvalue weighted by Crippen LogP contribution is 2.39. The van der Waals surface area contributed by atoms with Crippen molar-refractivity contribution < 1.29 is 14.2 Å². The third-order valence-corrected chi connectivity index (χ3v) is 4.03. The second-order valence-electron chi connectivity index (χ2n) is 5.61. The Bertz CT molecular complexity index is 752. The normalized spacial score (nSPS) is 16.7. The van der Waals surface area contributed by atoms with E-state index in [2.05, 4.69) is 11.1 Å². The maximum atomic E-state index is 5.75. The van der Waals surface area contributed by atoms with Crippen LogP contribution >= 0.6 is 0 Å². The van der Waals surface area contributed by atoms with Crippen LogP contribution in [0.15, 0.2) is 41.4 Å². The Balaban J connectivity index is 2.17. The average Bonchev–Trinajstić information content (AvgIpc) is 3.01. The molecule has 2 aromatic carbocycles. The molecule has 1 atom stereocenters. The largest absolute Gasteiger partial charge is 0.496 e. The van der Waals surface area contributed by atoms with Crippen molar-refractivity contribution in [2.45, 2.75) is 19.9 Å². The Labute approximate surface area is 136 Å². The number of ether oxygens (including phenoxy) is 3. The quantitative estimate of drug-likeness (QED) is 0.861. The smallest absolute Gasteiger partial charge is 0.217 e. The molecule has 1 aliphatic heterocycles. The lowest BCUT2D eigenvalue weighted by atomic mass is 9.96. The molecule has 0 saturated carbocycles. The maximum Gasteiger partial charge on any atom is 0.217 e. The lowest BCUT2D eigenvalue weighted by Gasteiger charge is -2.16. The van der Waals surface area contributed by atoms with Crippen LogP contribution in [0.4, 0.5) is 0 Å². The average molecular weight is 311 g/mol. The van der Waals surface area contributed by atoms with E-state index < -0.39 is 0 Å². The zero-order valence-corrected chi connectivity index (χ0v) is 13.9. The first-order valence-corrected chi connectivity index (χ1v) is 7.67. The summed E-state index contributed by atoms with van der Waals surface area (Å²) < 4.78 is 16.8. The van der Waals surface area contributed by atoms with Crippen molar-refractivity contribution in [3.8, 4) is 22.6 Å². The number of hydrogen-bond acceptors (Lipinski definition) is 4. The summed E-state index contributed by atoms with van der Waals surface area (Å²) in [5.41, 5.74) is 4.01. The predicted octanol–water partition coefficient (Wildman–Crippen LogP) is 3.84.